The predicted molar refractivity (Wildman–Crippen MR) is 97.4 cm³/mol. The normalized spacial score (nSPS) is 27.4. The minimum atomic E-state index is -0.819. The van der Waals surface area contributed by atoms with Crippen LogP contribution in [-0.2, 0) is 9.59 Å². The number of nitrogens with zero attached hydrogens (tertiary/aromatic N) is 1. The molecule has 1 aliphatic heterocycles. The number of halogens is 1. The van der Waals surface area contributed by atoms with Crippen LogP contribution in [0.25, 0.3) is 0 Å². The number of carboxylic acid groups (broad SMARTS) is 1. The van der Waals surface area contributed by atoms with Crippen molar-refractivity contribution in [1.29, 1.82) is 0 Å². The van der Waals surface area contributed by atoms with Gasteiger partial charge < -0.3 is 15.3 Å². The summed E-state index contributed by atoms with van der Waals surface area (Å²) in [5.41, 5.74) is -0.0846. The molecule has 1 heterocycles. The minimum absolute atomic E-state index is 0. The van der Waals surface area contributed by atoms with Gasteiger partial charge in [0.1, 0.15) is 6.04 Å². The first kappa shape index (κ1) is 21.2. The Hall–Kier alpha value is -0.810. The Labute approximate surface area is 152 Å². The maximum absolute atomic E-state index is 13.0. The molecule has 140 valence electrons. The van der Waals surface area contributed by atoms with Crippen LogP contribution in [0.4, 0.5) is 0 Å². The van der Waals surface area contributed by atoms with Crippen LogP contribution in [-0.4, -0.2) is 46.6 Å². The number of carbonyl (C=O) groups is 2. The Morgan fingerprint density at radius 1 is 1.12 bits per heavy atom. The molecular formula is C18H33ClN2O3. The standard InChI is InChI=1S/C18H32N2O3.ClH/c1-17(2,3)16(23)20(12-6-8-18(4,5)9-7-12)13-10-14(15(21)22)19-11-13;/h12-14,19H,6-11H2,1-5H3,(H,21,22);1H. The number of carbonyl (C=O) groups excluding carboxylic acids is 1. The lowest BCUT2D eigenvalue weighted by Crippen LogP contribution is -2.53. The number of nitrogens with one attached hydrogen (secondary N) is 1. The molecule has 0 radical (unpaired) electrons. The van der Waals surface area contributed by atoms with Crippen molar-refractivity contribution in [2.24, 2.45) is 10.8 Å². The summed E-state index contributed by atoms with van der Waals surface area (Å²) in [5, 5.41) is 12.3. The fourth-order valence-corrected chi connectivity index (χ4v) is 3.80. The van der Waals surface area contributed by atoms with E-state index in [0.717, 1.165) is 25.7 Å². The van der Waals surface area contributed by atoms with Crippen LogP contribution in [0, 0.1) is 10.8 Å². The van der Waals surface area contributed by atoms with Crippen molar-refractivity contribution in [2.75, 3.05) is 6.54 Å². The number of aliphatic carboxylic acids is 1. The van der Waals surface area contributed by atoms with Gasteiger partial charge in [0.05, 0.1) is 0 Å². The Morgan fingerprint density at radius 2 is 1.67 bits per heavy atom. The van der Waals surface area contributed by atoms with Gasteiger partial charge in [0, 0.05) is 24.0 Å². The lowest BCUT2D eigenvalue weighted by atomic mass is 9.74. The molecule has 2 atom stereocenters. The third-order valence-corrected chi connectivity index (χ3v) is 5.38. The van der Waals surface area contributed by atoms with Gasteiger partial charge >= 0.3 is 5.97 Å². The molecule has 0 spiro atoms. The fraction of sp³-hybridized carbons (Fsp3) is 0.889. The van der Waals surface area contributed by atoms with Gasteiger partial charge in [0.25, 0.3) is 0 Å². The Balaban J connectivity index is 0.00000288. The fourth-order valence-electron chi connectivity index (χ4n) is 3.80. The largest absolute Gasteiger partial charge is 0.480 e. The van der Waals surface area contributed by atoms with Gasteiger partial charge in [-0.25, -0.2) is 0 Å². The molecule has 1 amide bonds. The van der Waals surface area contributed by atoms with E-state index in [1.165, 1.54) is 0 Å². The quantitative estimate of drug-likeness (QED) is 0.811. The molecule has 0 aromatic heterocycles. The number of amides is 1. The summed E-state index contributed by atoms with van der Waals surface area (Å²) < 4.78 is 0. The van der Waals surface area contributed by atoms with Crippen LogP contribution in [0.3, 0.4) is 0 Å². The first-order valence-corrected chi connectivity index (χ1v) is 8.80. The van der Waals surface area contributed by atoms with E-state index in [-0.39, 0.29) is 30.4 Å². The molecule has 2 fully saturated rings. The van der Waals surface area contributed by atoms with Crippen LogP contribution in [0.2, 0.25) is 0 Å². The van der Waals surface area contributed by atoms with Crippen LogP contribution in [0.5, 0.6) is 0 Å². The summed E-state index contributed by atoms with van der Waals surface area (Å²) in [6.45, 7) is 11.0. The van der Waals surface area contributed by atoms with E-state index in [9.17, 15) is 14.7 Å². The van der Waals surface area contributed by atoms with Gasteiger partial charge in [0.15, 0.2) is 0 Å². The average Bonchev–Trinajstić information content (AvgIpc) is 2.89. The van der Waals surface area contributed by atoms with Gasteiger partial charge in [-0.2, -0.15) is 0 Å². The predicted octanol–water partition coefficient (Wildman–Crippen LogP) is 3.07. The van der Waals surface area contributed by atoms with Crippen molar-refractivity contribution in [1.82, 2.24) is 10.2 Å². The second-order valence-electron chi connectivity index (χ2n) is 9.05. The summed E-state index contributed by atoms with van der Waals surface area (Å²) in [6, 6.07) is -0.293. The van der Waals surface area contributed by atoms with E-state index in [1.807, 2.05) is 25.7 Å². The SMILES string of the molecule is CC1(C)CCC(N(C(=O)C(C)(C)C)C2CNC(C(=O)O)C2)CC1.Cl. The Bertz CT molecular complexity index is 463. The molecule has 1 saturated carbocycles. The van der Waals surface area contributed by atoms with E-state index in [1.54, 1.807) is 0 Å². The van der Waals surface area contributed by atoms with E-state index in [0.29, 0.717) is 18.4 Å². The van der Waals surface area contributed by atoms with Gasteiger partial charge in [-0.1, -0.05) is 34.6 Å². The van der Waals surface area contributed by atoms with Crippen molar-refractivity contribution in [3.05, 3.63) is 0 Å². The summed E-state index contributed by atoms with van der Waals surface area (Å²) in [5.74, 6) is -0.666. The Morgan fingerprint density at radius 3 is 2.08 bits per heavy atom. The lowest BCUT2D eigenvalue weighted by molar-refractivity contribution is -0.146. The van der Waals surface area contributed by atoms with Crippen LogP contribution >= 0.6 is 12.4 Å². The van der Waals surface area contributed by atoms with Gasteiger partial charge in [-0.3, -0.25) is 9.59 Å². The van der Waals surface area contributed by atoms with Gasteiger partial charge in [0.2, 0.25) is 5.91 Å². The van der Waals surface area contributed by atoms with Crippen molar-refractivity contribution < 1.29 is 14.7 Å². The molecule has 0 bridgehead atoms. The smallest absolute Gasteiger partial charge is 0.320 e. The van der Waals surface area contributed by atoms with Crippen LogP contribution < -0.4 is 5.32 Å². The van der Waals surface area contributed by atoms with Crippen molar-refractivity contribution in [3.63, 3.8) is 0 Å². The molecule has 6 heteroatoms. The number of carboxylic acids is 1. The molecule has 2 N–H and O–H groups in total. The first-order valence-electron chi connectivity index (χ1n) is 8.80. The third-order valence-electron chi connectivity index (χ3n) is 5.38. The van der Waals surface area contributed by atoms with Crippen molar-refractivity contribution >= 4 is 24.3 Å². The van der Waals surface area contributed by atoms with Gasteiger partial charge in [-0.05, 0) is 37.5 Å². The molecule has 2 aliphatic rings. The van der Waals surface area contributed by atoms with Crippen LogP contribution in [0.1, 0.15) is 66.7 Å². The van der Waals surface area contributed by atoms with E-state index < -0.39 is 17.4 Å². The number of hydrogen-bond acceptors (Lipinski definition) is 3. The van der Waals surface area contributed by atoms with Crippen molar-refractivity contribution in [2.45, 2.75) is 84.8 Å². The molecule has 24 heavy (non-hydrogen) atoms. The topological polar surface area (TPSA) is 69.6 Å². The molecule has 0 aromatic carbocycles. The molecule has 2 rings (SSSR count). The highest BCUT2D eigenvalue weighted by Crippen LogP contribution is 2.39. The van der Waals surface area contributed by atoms with Gasteiger partial charge in [-0.15, -0.1) is 12.4 Å². The molecule has 5 nitrogen and oxygen atoms in total. The second-order valence-corrected chi connectivity index (χ2v) is 9.05. The monoisotopic (exact) mass is 360 g/mol. The summed E-state index contributed by atoms with van der Waals surface area (Å²) >= 11 is 0. The van der Waals surface area contributed by atoms with Crippen LogP contribution in [0.15, 0.2) is 0 Å². The van der Waals surface area contributed by atoms with E-state index >= 15 is 0 Å². The molecule has 0 aromatic rings. The Kier molecular flexibility index (Phi) is 6.73. The highest BCUT2D eigenvalue weighted by molar-refractivity contribution is 5.85. The molecule has 2 unspecified atom stereocenters. The number of rotatable bonds is 3. The van der Waals surface area contributed by atoms with E-state index in [4.69, 9.17) is 0 Å². The second kappa shape index (κ2) is 7.61. The zero-order chi connectivity index (χ0) is 17.4. The third kappa shape index (κ3) is 4.85. The maximum Gasteiger partial charge on any atom is 0.320 e. The first-order chi connectivity index (χ1) is 10.5. The highest BCUT2D eigenvalue weighted by atomic mass is 35.5. The number of hydrogen-bond donors (Lipinski definition) is 2. The molecule has 1 aliphatic carbocycles. The summed E-state index contributed by atoms with van der Waals surface area (Å²) in [6.07, 6.45) is 4.78. The van der Waals surface area contributed by atoms with E-state index in [2.05, 4.69) is 19.2 Å². The summed E-state index contributed by atoms with van der Waals surface area (Å²) in [4.78, 5) is 26.3. The molecular weight excluding hydrogens is 328 g/mol. The summed E-state index contributed by atoms with van der Waals surface area (Å²) in [7, 11) is 0. The zero-order valence-corrected chi connectivity index (χ0v) is 16.4. The zero-order valence-electron chi connectivity index (χ0n) is 15.6. The lowest BCUT2D eigenvalue weighted by Gasteiger charge is -2.44. The minimum Gasteiger partial charge on any atom is -0.480 e. The average molecular weight is 361 g/mol. The highest BCUT2D eigenvalue weighted by Gasteiger charge is 2.42. The maximum atomic E-state index is 13.0. The van der Waals surface area contributed by atoms with Crippen molar-refractivity contribution in [3.8, 4) is 0 Å². The molecule has 1 saturated heterocycles.